The van der Waals surface area contributed by atoms with Crippen molar-refractivity contribution in [3.05, 3.63) is 0 Å². The summed E-state index contributed by atoms with van der Waals surface area (Å²) in [6.45, 7) is 10.9. The van der Waals surface area contributed by atoms with E-state index in [0.29, 0.717) is 18.3 Å². The lowest BCUT2D eigenvalue weighted by Gasteiger charge is -2.40. The molecular formula is C19H35N3O2. The minimum Gasteiger partial charge on any atom is -0.341 e. The van der Waals surface area contributed by atoms with E-state index in [4.69, 9.17) is 0 Å². The number of hydrogen-bond acceptors (Lipinski definition) is 3. The van der Waals surface area contributed by atoms with Gasteiger partial charge in [-0.3, -0.25) is 9.59 Å². The van der Waals surface area contributed by atoms with E-state index in [2.05, 4.69) is 26.1 Å². The molecule has 0 aliphatic carbocycles. The van der Waals surface area contributed by atoms with E-state index >= 15 is 0 Å². The molecule has 2 saturated heterocycles. The minimum atomic E-state index is -0.247. The second kappa shape index (κ2) is 9.40. The van der Waals surface area contributed by atoms with E-state index in [1.54, 1.807) is 0 Å². The van der Waals surface area contributed by atoms with Crippen LogP contribution in [-0.2, 0) is 9.59 Å². The maximum absolute atomic E-state index is 13.1. The number of hydrogen-bond donors (Lipinski definition) is 1. The third kappa shape index (κ3) is 5.20. The average Bonchev–Trinajstić information content (AvgIpc) is 2.58. The average molecular weight is 338 g/mol. The molecule has 2 fully saturated rings. The Balaban J connectivity index is 1.96. The second-order valence-corrected chi connectivity index (χ2v) is 7.77. The summed E-state index contributed by atoms with van der Waals surface area (Å²) < 4.78 is 0. The molecule has 2 aliphatic rings. The summed E-state index contributed by atoms with van der Waals surface area (Å²) in [5.74, 6) is 1.44. The minimum absolute atomic E-state index is 0.169. The van der Waals surface area contributed by atoms with Crippen molar-refractivity contribution in [2.45, 2.75) is 65.3 Å². The lowest BCUT2D eigenvalue weighted by Crippen LogP contribution is -2.54. The SMILES string of the molecule is CCNCC1CCN(C(=O)C(CC(C)C)N2CCCCC2=O)CC1. The van der Waals surface area contributed by atoms with Gasteiger partial charge in [0.05, 0.1) is 0 Å². The van der Waals surface area contributed by atoms with E-state index in [9.17, 15) is 9.59 Å². The van der Waals surface area contributed by atoms with Crippen LogP contribution in [-0.4, -0.2) is 60.4 Å². The zero-order valence-electron chi connectivity index (χ0n) is 15.7. The Morgan fingerprint density at radius 3 is 2.50 bits per heavy atom. The molecule has 0 saturated carbocycles. The first-order valence-corrected chi connectivity index (χ1v) is 9.81. The van der Waals surface area contributed by atoms with Crippen molar-refractivity contribution < 1.29 is 9.59 Å². The van der Waals surface area contributed by atoms with Crippen LogP contribution in [0.3, 0.4) is 0 Å². The molecule has 0 bridgehead atoms. The molecule has 138 valence electrons. The summed E-state index contributed by atoms with van der Waals surface area (Å²) in [4.78, 5) is 29.3. The number of carbonyl (C=O) groups excluding carboxylic acids is 2. The molecule has 2 rings (SSSR count). The molecule has 1 atom stereocenters. The molecule has 1 N–H and O–H groups in total. The van der Waals surface area contributed by atoms with E-state index in [-0.39, 0.29) is 17.9 Å². The predicted molar refractivity (Wildman–Crippen MR) is 96.7 cm³/mol. The maximum Gasteiger partial charge on any atom is 0.245 e. The normalized spacial score (nSPS) is 21.4. The highest BCUT2D eigenvalue weighted by molar-refractivity contribution is 5.88. The smallest absolute Gasteiger partial charge is 0.245 e. The van der Waals surface area contributed by atoms with Crippen LogP contribution in [0.25, 0.3) is 0 Å². The molecular weight excluding hydrogens is 302 g/mol. The number of likely N-dealkylation sites (tertiary alicyclic amines) is 2. The molecule has 5 heteroatoms. The fourth-order valence-corrected chi connectivity index (χ4v) is 3.88. The zero-order chi connectivity index (χ0) is 17.5. The van der Waals surface area contributed by atoms with Gasteiger partial charge < -0.3 is 15.1 Å². The van der Waals surface area contributed by atoms with Gasteiger partial charge in [-0.2, -0.15) is 0 Å². The van der Waals surface area contributed by atoms with Crippen LogP contribution in [0.1, 0.15) is 59.3 Å². The third-order valence-electron chi connectivity index (χ3n) is 5.33. The van der Waals surface area contributed by atoms with E-state index < -0.39 is 0 Å². The molecule has 2 heterocycles. The van der Waals surface area contributed by atoms with Crippen molar-refractivity contribution in [1.82, 2.24) is 15.1 Å². The van der Waals surface area contributed by atoms with Crippen molar-refractivity contribution in [1.29, 1.82) is 0 Å². The van der Waals surface area contributed by atoms with Crippen molar-refractivity contribution >= 4 is 11.8 Å². The fourth-order valence-electron chi connectivity index (χ4n) is 3.88. The third-order valence-corrected chi connectivity index (χ3v) is 5.33. The molecule has 0 spiro atoms. The standard InChI is InChI=1S/C19H35N3O2/c1-4-20-14-16-8-11-21(12-9-16)19(24)17(13-15(2)3)22-10-6-5-7-18(22)23/h15-17,20H,4-14H2,1-3H3. The molecule has 24 heavy (non-hydrogen) atoms. The topological polar surface area (TPSA) is 52.7 Å². The molecule has 0 aromatic carbocycles. The molecule has 0 aromatic rings. The molecule has 1 unspecified atom stereocenters. The second-order valence-electron chi connectivity index (χ2n) is 7.77. The van der Waals surface area contributed by atoms with Gasteiger partial charge in [0.25, 0.3) is 0 Å². The van der Waals surface area contributed by atoms with Gasteiger partial charge in [0.15, 0.2) is 0 Å². The van der Waals surface area contributed by atoms with Gasteiger partial charge in [-0.15, -0.1) is 0 Å². The number of piperidine rings is 2. The van der Waals surface area contributed by atoms with Crippen molar-refractivity contribution in [2.24, 2.45) is 11.8 Å². The number of nitrogens with one attached hydrogen (secondary N) is 1. The van der Waals surface area contributed by atoms with Crippen molar-refractivity contribution in [3.63, 3.8) is 0 Å². The zero-order valence-corrected chi connectivity index (χ0v) is 15.7. The first-order chi connectivity index (χ1) is 11.5. The highest BCUT2D eigenvalue weighted by atomic mass is 16.2. The Kier molecular flexibility index (Phi) is 7.53. The summed E-state index contributed by atoms with van der Waals surface area (Å²) in [6, 6.07) is -0.247. The summed E-state index contributed by atoms with van der Waals surface area (Å²) >= 11 is 0. The van der Waals surface area contributed by atoms with Crippen LogP contribution in [0.4, 0.5) is 0 Å². The Bertz CT molecular complexity index is 417. The lowest BCUT2D eigenvalue weighted by atomic mass is 9.94. The first kappa shape index (κ1) is 19.2. The quantitative estimate of drug-likeness (QED) is 0.775. The summed E-state index contributed by atoms with van der Waals surface area (Å²) in [5.41, 5.74) is 0. The van der Waals surface area contributed by atoms with E-state index in [1.165, 1.54) is 0 Å². The van der Waals surface area contributed by atoms with Crippen molar-refractivity contribution in [2.75, 3.05) is 32.7 Å². The van der Waals surface area contributed by atoms with Gasteiger partial charge in [-0.1, -0.05) is 20.8 Å². The van der Waals surface area contributed by atoms with Crippen LogP contribution in [0, 0.1) is 11.8 Å². The van der Waals surface area contributed by atoms with Crippen LogP contribution >= 0.6 is 0 Å². The molecule has 0 radical (unpaired) electrons. The van der Waals surface area contributed by atoms with E-state index in [0.717, 1.165) is 64.8 Å². The van der Waals surface area contributed by atoms with Gasteiger partial charge in [0.1, 0.15) is 6.04 Å². The maximum atomic E-state index is 13.1. The van der Waals surface area contributed by atoms with Crippen LogP contribution in [0.15, 0.2) is 0 Å². The van der Waals surface area contributed by atoms with Crippen molar-refractivity contribution in [3.8, 4) is 0 Å². The summed E-state index contributed by atoms with van der Waals surface area (Å²) in [7, 11) is 0. The predicted octanol–water partition coefficient (Wildman–Crippen LogP) is 2.26. The van der Waals surface area contributed by atoms with Crippen LogP contribution in [0.2, 0.25) is 0 Å². The molecule has 0 aromatic heterocycles. The van der Waals surface area contributed by atoms with Gasteiger partial charge >= 0.3 is 0 Å². The molecule has 2 amide bonds. The highest BCUT2D eigenvalue weighted by Crippen LogP contribution is 2.23. The number of nitrogens with zero attached hydrogens (tertiary/aromatic N) is 2. The van der Waals surface area contributed by atoms with Gasteiger partial charge in [-0.25, -0.2) is 0 Å². The molecule has 5 nitrogen and oxygen atoms in total. The Morgan fingerprint density at radius 1 is 1.21 bits per heavy atom. The number of rotatable bonds is 7. The summed E-state index contributed by atoms with van der Waals surface area (Å²) in [6.07, 6.45) is 5.52. The van der Waals surface area contributed by atoms with Gasteiger partial charge in [-0.05, 0) is 57.0 Å². The Labute approximate surface area is 147 Å². The van der Waals surface area contributed by atoms with Gasteiger partial charge in [0, 0.05) is 26.1 Å². The highest BCUT2D eigenvalue weighted by Gasteiger charge is 2.35. The largest absolute Gasteiger partial charge is 0.341 e. The number of amides is 2. The summed E-state index contributed by atoms with van der Waals surface area (Å²) in [5, 5.41) is 3.41. The fraction of sp³-hybridized carbons (Fsp3) is 0.895. The molecule has 2 aliphatic heterocycles. The lowest BCUT2D eigenvalue weighted by molar-refractivity contribution is -0.149. The first-order valence-electron chi connectivity index (χ1n) is 9.81. The Morgan fingerprint density at radius 2 is 1.92 bits per heavy atom. The Hall–Kier alpha value is -1.10. The number of carbonyl (C=O) groups is 2. The monoisotopic (exact) mass is 337 g/mol. The van der Waals surface area contributed by atoms with Gasteiger partial charge in [0.2, 0.25) is 11.8 Å². The van der Waals surface area contributed by atoms with E-state index in [1.807, 2.05) is 9.80 Å². The van der Waals surface area contributed by atoms with Crippen LogP contribution in [0.5, 0.6) is 0 Å². The van der Waals surface area contributed by atoms with Crippen LogP contribution < -0.4 is 5.32 Å².